The topological polar surface area (TPSA) is 102 Å². The highest BCUT2D eigenvalue weighted by Crippen LogP contribution is 2.15. The van der Waals surface area contributed by atoms with Gasteiger partial charge in [0.15, 0.2) is 0 Å². The smallest absolute Gasteiger partial charge is 0.409 e. The Kier molecular flexibility index (Phi) is 5.05. The molecule has 0 radical (unpaired) electrons. The third-order valence-corrected chi connectivity index (χ3v) is 2.84. The number of non-ortho nitro benzene ring substituents is 1. The van der Waals surface area contributed by atoms with E-state index in [0.29, 0.717) is 11.3 Å². The first-order valence-corrected chi connectivity index (χ1v) is 6.44. The number of amides is 1. The number of hydrogen-bond acceptors (Lipinski definition) is 4. The lowest BCUT2D eigenvalue weighted by molar-refractivity contribution is -0.384. The van der Waals surface area contributed by atoms with E-state index in [9.17, 15) is 14.9 Å². The van der Waals surface area contributed by atoms with Gasteiger partial charge < -0.3 is 9.84 Å². The Bertz CT molecular complexity index is 687. The number of nitro benzene ring substituents is 1. The van der Waals surface area contributed by atoms with Crippen molar-refractivity contribution in [2.24, 2.45) is 0 Å². The monoisotopic (exact) mass is 302 g/mol. The summed E-state index contributed by atoms with van der Waals surface area (Å²) >= 11 is 0. The van der Waals surface area contributed by atoms with Crippen molar-refractivity contribution < 1.29 is 19.6 Å². The van der Waals surface area contributed by atoms with Crippen LogP contribution in [-0.4, -0.2) is 16.1 Å². The number of benzene rings is 2. The van der Waals surface area contributed by atoms with Gasteiger partial charge in [0.1, 0.15) is 0 Å². The third kappa shape index (κ3) is 4.57. The van der Waals surface area contributed by atoms with E-state index in [4.69, 9.17) is 9.84 Å². The number of carboxylic acid groups (broad SMARTS) is 1. The van der Waals surface area contributed by atoms with Crippen molar-refractivity contribution >= 4 is 17.5 Å². The molecule has 2 N–H and O–H groups in total. The van der Waals surface area contributed by atoms with Crippen LogP contribution in [0.25, 0.3) is 0 Å². The van der Waals surface area contributed by atoms with Crippen molar-refractivity contribution in [1.82, 2.24) is 0 Å². The molecule has 0 spiro atoms. The number of hydrogen-bond donors (Lipinski definition) is 2. The molecule has 0 atom stereocenters. The summed E-state index contributed by atoms with van der Waals surface area (Å²) < 4.78 is 5.50. The van der Waals surface area contributed by atoms with Crippen LogP contribution >= 0.6 is 0 Å². The fraction of sp³-hybridized carbons (Fsp3) is 0.133. The lowest BCUT2D eigenvalue weighted by Gasteiger charge is -2.07. The van der Waals surface area contributed by atoms with E-state index < -0.39 is 11.0 Å². The fourth-order valence-electron chi connectivity index (χ4n) is 1.91. The predicted molar refractivity (Wildman–Crippen MR) is 79.7 cm³/mol. The summed E-state index contributed by atoms with van der Waals surface area (Å²) in [5.74, 6) is 0. The number of nitro groups is 1. The van der Waals surface area contributed by atoms with Gasteiger partial charge in [0.2, 0.25) is 0 Å². The minimum absolute atomic E-state index is 0.0220. The van der Waals surface area contributed by atoms with Crippen LogP contribution in [0.15, 0.2) is 48.5 Å². The van der Waals surface area contributed by atoms with Gasteiger partial charge in [0.05, 0.1) is 18.1 Å². The van der Waals surface area contributed by atoms with E-state index in [1.165, 1.54) is 12.1 Å². The second-order valence-electron chi connectivity index (χ2n) is 4.55. The molecule has 0 aromatic heterocycles. The molecule has 7 nitrogen and oxygen atoms in total. The van der Waals surface area contributed by atoms with Gasteiger partial charge in [-0.15, -0.1) is 0 Å². The van der Waals surface area contributed by atoms with E-state index in [1.54, 1.807) is 36.4 Å². The average Bonchev–Trinajstić information content (AvgIpc) is 2.47. The number of anilines is 1. The van der Waals surface area contributed by atoms with Crippen molar-refractivity contribution in [3.8, 4) is 0 Å². The summed E-state index contributed by atoms with van der Waals surface area (Å²) in [6, 6.07) is 13.1. The van der Waals surface area contributed by atoms with Gasteiger partial charge in [-0.25, -0.2) is 4.79 Å². The number of nitrogens with one attached hydrogen (secondary N) is 1. The van der Waals surface area contributed by atoms with Gasteiger partial charge in [0, 0.05) is 17.8 Å². The van der Waals surface area contributed by atoms with Gasteiger partial charge in [-0.1, -0.05) is 24.3 Å². The van der Waals surface area contributed by atoms with Crippen LogP contribution in [0.1, 0.15) is 11.1 Å². The molecule has 22 heavy (non-hydrogen) atoms. The molecule has 0 saturated heterocycles. The second kappa shape index (κ2) is 7.19. The van der Waals surface area contributed by atoms with Crippen LogP contribution < -0.4 is 5.32 Å². The minimum Gasteiger partial charge on any atom is -0.465 e. The summed E-state index contributed by atoms with van der Waals surface area (Å²) in [6.45, 7) is 0.510. The molecule has 0 bridgehead atoms. The summed E-state index contributed by atoms with van der Waals surface area (Å²) in [7, 11) is 0. The maximum absolute atomic E-state index is 10.7. The van der Waals surface area contributed by atoms with Gasteiger partial charge >= 0.3 is 6.09 Å². The lowest BCUT2D eigenvalue weighted by atomic mass is 10.2. The third-order valence-electron chi connectivity index (χ3n) is 2.84. The Morgan fingerprint density at radius 3 is 2.41 bits per heavy atom. The zero-order chi connectivity index (χ0) is 15.9. The molecule has 2 aromatic carbocycles. The summed E-state index contributed by atoms with van der Waals surface area (Å²) in [5, 5.41) is 21.6. The lowest BCUT2D eigenvalue weighted by Crippen LogP contribution is -2.07. The first kappa shape index (κ1) is 15.5. The van der Waals surface area contributed by atoms with Crippen molar-refractivity contribution in [2.75, 3.05) is 5.32 Å². The highest BCUT2D eigenvalue weighted by atomic mass is 16.6. The van der Waals surface area contributed by atoms with Gasteiger partial charge in [-0.3, -0.25) is 15.4 Å². The van der Waals surface area contributed by atoms with Crippen molar-refractivity contribution in [3.05, 3.63) is 69.8 Å². The number of ether oxygens (including phenoxy) is 1. The number of nitrogens with zero attached hydrogens (tertiary/aromatic N) is 1. The summed E-state index contributed by atoms with van der Waals surface area (Å²) in [4.78, 5) is 20.8. The number of carbonyl (C=O) groups is 1. The first-order chi connectivity index (χ1) is 10.5. The molecule has 0 heterocycles. The fourth-order valence-corrected chi connectivity index (χ4v) is 1.91. The molecular weight excluding hydrogens is 288 g/mol. The highest BCUT2D eigenvalue weighted by molar-refractivity contribution is 5.82. The average molecular weight is 302 g/mol. The molecule has 0 aliphatic carbocycles. The van der Waals surface area contributed by atoms with E-state index in [0.717, 1.165) is 5.56 Å². The molecule has 0 aliphatic heterocycles. The molecule has 0 saturated carbocycles. The zero-order valence-electron chi connectivity index (χ0n) is 11.6. The first-order valence-electron chi connectivity index (χ1n) is 6.44. The number of rotatable bonds is 6. The molecular formula is C15H14N2O5. The minimum atomic E-state index is -1.13. The van der Waals surface area contributed by atoms with Crippen molar-refractivity contribution in [1.29, 1.82) is 0 Å². The summed E-state index contributed by atoms with van der Waals surface area (Å²) in [5.41, 5.74) is 1.99. The Morgan fingerprint density at radius 2 is 1.77 bits per heavy atom. The van der Waals surface area contributed by atoms with Crippen LogP contribution in [-0.2, 0) is 18.0 Å². The molecule has 2 rings (SSSR count). The Morgan fingerprint density at radius 1 is 1.14 bits per heavy atom. The maximum Gasteiger partial charge on any atom is 0.409 e. The molecule has 7 heteroatoms. The predicted octanol–water partition coefficient (Wildman–Crippen LogP) is 3.40. The van der Waals surface area contributed by atoms with E-state index >= 15 is 0 Å². The van der Waals surface area contributed by atoms with Crippen LogP contribution in [0.3, 0.4) is 0 Å². The Labute approximate surface area is 126 Å². The van der Waals surface area contributed by atoms with Gasteiger partial charge in [0.25, 0.3) is 5.69 Å². The standard InChI is InChI=1S/C15H14N2O5/c18-15(19)16-13-5-1-3-11(7-13)9-22-10-12-4-2-6-14(8-12)17(20)21/h1-8,16H,9-10H2,(H,18,19). The largest absolute Gasteiger partial charge is 0.465 e. The highest BCUT2D eigenvalue weighted by Gasteiger charge is 2.06. The quantitative estimate of drug-likeness (QED) is 0.629. The van der Waals surface area contributed by atoms with Crippen LogP contribution in [0.2, 0.25) is 0 Å². The summed E-state index contributed by atoms with van der Waals surface area (Å²) in [6.07, 6.45) is -1.13. The Hall–Kier alpha value is -2.93. The van der Waals surface area contributed by atoms with Crippen LogP contribution in [0.4, 0.5) is 16.2 Å². The normalized spacial score (nSPS) is 10.2. The Balaban J connectivity index is 1.92. The SMILES string of the molecule is O=C(O)Nc1cccc(COCc2cccc([N+](=O)[O-])c2)c1. The van der Waals surface area contributed by atoms with Crippen molar-refractivity contribution in [3.63, 3.8) is 0 Å². The van der Waals surface area contributed by atoms with Crippen LogP contribution in [0.5, 0.6) is 0 Å². The van der Waals surface area contributed by atoms with E-state index in [-0.39, 0.29) is 18.9 Å². The van der Waals surface area contributed by atoms with Crippen molar-refractivity contribution in [2.45, 2.75) is 13.2 Å². The van der Waals surface area contributed by atoms with Gasteiger partial charge in [-0.2, -0.15) is 0 Å². The van der Waals surface area contributed by atoms with Gasteiger partial charge in [-0.05, 0) is 23.3 Å². The zero-order valence-corrected chi connectivity index (χ0v) is 11.6. The molecule has 1 amide bonds. The van der Waals surface area contributed by atoms with E-state index in [2.05, 4.69) is 5.32 Å². The van der Waals surface area contributed by atoms with Crippen LogP contribution in [0, 0.1) is 10.1 Å². The molecule has 2 aromatic rings. The maximum atomic E-state index is 10.7. The molecule has 0 fully saturated rings. The second-order valence-corrected chi connectivity index (χ2v) is 4.55. The molecule has 114 valence electrons. The van der Waals surface area contributed by atoms with E-state index in [1.807, 2.05) is 0 Å². The molecule has 0 aliphatic rings. The molecule has 0 unspecified atom stereocenters.